The summed E-state index contributed by atoms with van der Waals surface area (Å²) in [7, 11) is 3.53. The number of nitrogens with zero attached hydrogens (tertiary/aromatic N) is 2. The molecular weight excluding hydrogens is 288 g/mol. The highest BCUT2D eigenvalue weighted by Crippen LogP contribution is 2.12. The van der Waals surface area contributed by atoms with Gasteiger partial charge in [0.1, 0.15) is 5.75 Å². The largest absolute Gasteiger partial charge is 0.497 e. The van der Waals surface area contributed by atoms with Crippen LogP contribution in [-0.2, 0) is 17.6 Å². The molecule has 0 aliphatic rings. The van der Waals surface area contributed by atoms with Gasteiger partial charge in [0, 0.05) is 32.4 Å². The van der Waals surface area contributed by atoms with E-state index in [1.54, 1.807) is 13.3 Å². The second-order valence-electron chi connectivity index (χ2n) is 5.63. The van der Waals surface area contributed by atoms with Crippen LogP contribution >= 0.6 is 0 Å². The van der Waals surface area contributed by atoms with E-state index in [0.29, 0.717) is 6.42 Å². The Hall–Kier alpha value is -2.36. The molecule has 1 amide bonds. The van der Waals surface area contributed by atoms with Crippen molar-refractivity contribution in [3.63, 3.8) is 0 Å². The second kappa shape index (κ2) is 8.93. The van der Waals surface area contributed by atoms with E-state index in [0.717, 1.165) is 31.6 Å². The van der Waals surface area contributed by atoms with Crippen LogP contribution < -0.4 is 4.74 Å². The van der Waals surface area contributed by atoms with Crippen molar-refractivity contribution in [1.29, 1.82) is 0 Å². The van der Waals surface area contributed by atoms with E-state index in [1.807, 2.05) is 54.5 Å². The summed E-state index contributed by atoms with van der Waals surface area (Å²) in [5.74, 6) is 1.05. The molecule has 0 saturated carbocycles. The van der Waals surface area contributed by atoms with E-state index in [-0.39, 0.29) is 5.91 Å². The second-order valence-corrected chi connectivity index (χ2v) is 5.63. The van der Waals surface area contributed by atoms with Crippen molar-refractivity contribution < 1.29 is 9.53 Å². The number of pyridine rings is 1. The molecule has 2 rings (SSSR count). The van der Waals surface area contributed by atoms with Crippen LogP contribution in [0.4, 0.5) is 0 Å². The number of rotatable bonds is 8. The molecule has 1 aromatic heterocycles. The van der Waals surface area contributed by atoms with Crippen molar-refractivity contribution in [3.8, 4) is 5.75 Å². The standard InChI is InChI=1S/C19H24N2O2/c1-21(14-12-16-8-10-18(23-2)11-9-16)19(22)7-3-5-17-6-4-13-20-15-17/h4,6,8-11,13,15H,3,5,7,12,14H2,1-2H3. The van der Waals surface area contributed by atoms with Gasteiger partial charge in [0.25, 0.3) is 0 Å². The lowest BCUT2D eigenvalue weighted by Crippen LogP contribution is -2.28. The summed E-state index contributed by atoms with van der Waals surface area (Å²) in [4.78, 5) is 18.0. The Morgan fingerprint density at radius 2 is 1.91 bits per heavy atom. The van der Waals surface area contributed by atoms with Gasteiger partial charge in [-0.3, -0.25) is 9.78 Å². The lowest BCUT2D eigenvalue weighted by atomic mass is 10.1. The van der Waals surface area contributed by atoms with Crippen molar-refractivity contribution in [2.75, 3.05) is 20.7 Å². The highest BCUT2D eigenvalue weighted by molar-refractivity contribution is 5.75. The molecule has 4 nitrogen and oxygen atoms in total. The molecule has 1 aromatic carbocycles. The predicted molar refractivity (Wildman–Crippen MR) is 91.5 cm³/mol. The number of benzene rings is 1. The fraction of sp³-hybridized carbons (Fsp3) is 0.368. The fourth-order valence-electron chi connectivity index (χ4n) is 2.39. The molecule has 0 saturated heterocycles. The van der Waals surface area contributed by atoms with E-state index in [4.69, 9.17) is 4.74 Å². The highest BCUT2D eigenvalue weighted by Gasteiger charge is 2.08. The molecule has 0 aliphatic heterocycles. The minimum Gasteiger partial charge on any atom is -0.497 e. The molecule has 1 heterocycles. The number of carbonyl (C=O) groups is 1. The first-order valence-electron chi connectivity index (χ1n) is 7.95. The van der Waals surface area contributed by atoms with E-state index in [9.17, 15) is 4.79 Å². The van der Waals surface area contributed by atoms with Crippen LogP contribution in [0.2, 0.25) is 0 Å². The minimum absolute atomic E-state index is 0.197. The van der Waals surface area contributed by atoms with Crippen LogP contribution in [0.1, 0.15) is 24.0 Å². The van der Waals surface area contributed by atoms with Gasteiger partial charge in [0.15, 0.2) is 0 Å². The summed E-state index contributed by atoms with van der Waals surface area (Å²) in [6.07, 6.45) is 6.81. The normalized spacial score (nSPS) is 10.3. The van der Waals surface area contributed by atoms with Gasteiger partial charge in [-0.25, -0.2) is 0 Å². The Morgan fingerprint density at radius 1 is 1.13 bits per heavy atom. The van der Waals surface area contributed by atoms with Gasteiger partial charge >= 0.3 is 0 Å². The SMILES string of the molecule is COc1ccc(CCN(C)C(=O)CCCc2cccnc2)cc1. The van der Waals surface area contributed by atoms with Crippen molar-refractivity contribution >= 4 is 5.91 Å². The summed E-state index contributed by atoms with van der Waals surface area (Å²) in [6, 6.07) is 12.0. The molecule has 0 spiro atoms. The Labute approximate surface area is 138 Å². The van der Waals surface area contributed by atoms with E-state index >= 15 is 0 Å². The number of hydrogen-bond donors (Lipinski definition) is 0. The Bertz CT molecular complexity index is 597. The first kappa shape index (κ1) is 17.0. The molecule has 0 N–H and O–H groups in total. The molecule has 0 unspecified atom stereocenters. The first-order chi connectivity index (χ1) is 11.2. The van der Waals surface area contributed by atoms with Crippen molar-refractivity contribution in [2.45, 2.75) is 25.7 Å². The van der Waals surface area contributed by atoms with Crippen molar-refractivity contribution in [1.82, 2.24) is 9.88 Å². The topological polar surface area (TPSA) is 42.4 Å². The van der Waals surface area contributed by atoms with E-state index < -0.39 is 0 Å². The zero-order valence-electron chi connectivity index (χ0n) is 13.9. The number of carbonyl (C=O) groups excluding carboxylic acids is 1. The number of hydrogen-bond acceptors (Lipinski definition) is 3. The van der Waals surface area contributed by atoms with Crippen molar-refractivity contribution in [2.24, 2.45) is 0 Å². The lowest BCUT2D eigenvalue weighted by Gasteiger charge is -2.17. The van der Waals surface area contributed by atoms with Crippen LogP contribution in [0.5, 0.6) is 5.75 Å². The monoisotopic (exact) mass is 312 g/mol. The lowest BCUT2D eigenvalue weighted by molar-refractivity contribution is -0.129. The summed E-state index contributed by atoms with van der Waals surface area (Å²) in [5, 5.41) is 0. The summed E-state index contributed by atoms with van der Waals surface area (Å²) in [6.45, 7) is 0.734. The zero-order valence-corrected chi connectivity index (χ0v) is 13.9. The van der Waals surface area contributed by atoms with Gasteiger partial charge in [0.2, 0.25) is 5.91 Å². The quantitative estimate of drug-likeness (QED) is 0.752. The van der Waals surface area contributed by atoms with E-state index in [1.165, 1.54) is 11.1 Å². The van der Waals surface area contributed by atoms with Crippen LogP contribution in [0.3, 0.4) is 0 Å². The molecule has 0 aliphatic carbocycles. The molecule has 2 aromatic rings. The van der Waals surface area contributed by atoms with Crippen LogP contribution in [0, 0.1) is 0 Å². The minimum atomic E-state index is 0.197. The predicted octanol–water partition coefficient (Wildman–Crippen LogP) is 3.11. The Kier molecular flexibility index (Phi) is 6.60. The summed E-state index contributed by atoms with van der Waals surface area (Å²) in [5.41, 5.74) is 2.39. The maximum absolute atomic E-state index is 12.1. The van der Waals surface area contributed by atoms with Crippen LogP contribution in [0.15, 0.2) is 48.8 Å². The molecule has 4 heteroatoms. The number of amides is 1. The maximum Gasteiger partial charge on any atom is 0.222 e. The molecule has 122 valence electrons. The first-order valence-corrected chi connectivity index (χ1v) is 7.95. The average molecular weight is 312 g/mol. The molecule has 0 atom stereocenters. The third kappa shape index (κ3) is 5.74. The fourth-order valence-corrected chi connectivity index (χ4v) is 2.39. The smallest absolute Gasteiger partial charge is 0.222 e. The average Bonchev–Trinajstić information content (AvgIpc) is 2.61. The van der Waals surface area contributed by atoms with E-state index in [2.05, 4.69) is 4.98 Å². The Balaban J connectivity index is 1.69. The number of ether oxygens (including phenoxy) is 1. The van der Waals surface area contributed by atoms with Crippen molar-refractivity contribution in [3.05, 3.63) is 59.9 Å². The number of likely N-dealkylation sites (N-methyl/N-ethyl adjacent to an activating group) is 1. The third-order valence-corrected chi connectivity index (χ3v) is 3.90. The van der Waals surface area contributed by atoms with Gasteiger partial charge in [-0.05, 0) is 48.6 Å². The number of aryl methyl sites for hydroxylation is 1. The number of methoxy groups -OCH3 is 1. The Morgan fingerprint density at radius 3 is 2.57 bits per heavy atom. The third-order valence-electron chi connectivity index (χ3n) is 3.90. The molecule has 0 radical (unpaired) electrons. The van der Waals surface area contributed by atoms with Gasteiger partial charge in [-0.15, -0.1) is 0 Å². The van der Waals surface area contributed by atoms with Crippen LogP contribution in [0.25, 0.3) is 0 Å². The van der Waals surface area contributed by atoms with Gasteiger partial charge < -0.3 is 9.64 Å². The highest BCUT2D eigenvalue weighted by atomic mass is 16.5. The maximum atomic E-state index is 12.1. The van der Waals surface area contributed by atoms with Gasteiger partial charge in [-0.1, -0.05) is 18.2 Å². The molecular formula is C19H24N2O2. The summed E-state index contributed by atoms with van der Waals surface area (Å²) >= 11 is 0. The zero-order chi connectivity index (χ0) is 16.5. The van der Waals surface area contributed by atoms with Crippen LogP contribution in [-0.4, -0.2) is 36.5 Å². The number of aromatic nitrogens is 1. The molecule has 0 bridgehead atoms. The molecule has 23 heavy (non-hydrogen) atoms. The van der Waals surface area contributed by atoms with Gasteiger partial charge in [-0.2, -0.15) is 0 Å². The van der Waals surface area contributed by atoms with Gasteiger partial charge in [0.05, 0.1) is 7.11 Å². The summed E-state index contributed by atoms with van der Waals surface area (Å²) < 4.78 is 5.14. The molecule has 0 fully saturated rings.